The van der Waals surface area contributed by atoms with Crippen molar-refractivity contribution in [2.75, 3.05) is 23.4 Å². The van der Waals surface area contributed by atoms with Crippen LogP contribution in [0.4, 0.5) is 20.6 Å². The normalized spacial score (nSPS) is 13.5. The van der Waals surface area contributed by atoms with E-state index >= 15 is 0 Å². The highest BCUT2D eigenvalue weighted by Crippen LogP contribution is 2.26. The standard InChI is InChI=1S/C21H19FN4O3/c1-13-5-3-4-6-18(13)26-14(2)11-17(24-26)20(27)23-15-7-8-16(22)19(12-15)25-9-10-29-21(25)28/h3-8,11-12H,9-10H2,1-2H3,(H,23,27). The molecule has 0 spiro atoms. The van der Waals surface area contributed by atoms with Gasteiger partial charge in [0.25, 0.3) is 5.91 Å². The van der Waals surface area contributed by atoms with Crippen molar-refractivity contribution in [1.82, 2.24) is 9.78 Å². The van der Waals surface area contributed by atoms with E-state index in [0.717, 1.165) is 16.9 Å². The van der Waals surface area contributed by atoms with E-state index in [-0.39, 0.29) is 24.5 Å². The largest absolute Gasteiger partial charge is 0.447 e. The molecule has 1 aliphatic rings. The molecule has 1 aliphatic heterocycles. The van der Waals surface area contributed by atoms with E-state index in [9.17, 15) is 14.0 Å². The molecule has 0 saturated carbocycles. The lowest BCUT2D eigenvalue weighted by atomic mass is 10.2. The van der Waals surface area contributed by atoms with Gasteiger partial charge in [0.1, 0.15) is 12.4 Å². The van der Waals surface area contributed by atoms with Crippen LogP contribution in [0.5, 0.6) is 0 Å². The predicted molar refractivity (Wildman–Crippen MR) is 106 cm³/mol. The lowest BCUT2D eigenvalue weighted by Gasteiger charge is -2.15. The van der Waals surface area contributed by atoms with Crippen molar-refractivity contribution in [3.63, 3.8) is 0 Å². The van der Waals surface area contributed by atoms with Gasteiger partial charge in [0.15, 0.2) is 5.69 Å². The van der Waals surface area contributed by atoms with Crippen LogP contribution in [0.3, 0.4) is 0 Å². The van der Waals surface area contributed by atoms with Gasteiger partial charge in [-0.1, -0.05) is 18.2 Å². The fourth-order valence-corrected chi connectivity index (χ4v) is 3.24. The zero-order valence-electron chi connectivity index (χ0n) is 16.0. The van der Waals surface area contributed by atoms with Gasteiger partial charge in [0, 0.05) is 11.4 Å². The highest BCUT2D eigenvalue weighted by Gasteiger charge is 2.26. The average Bonchev–Trinajstić information content (AvgIpc) is 3.29. The zero-order chi connectivity index (χ0) is 20.5. The molecule has 2 aromatic carbocycles. The maximum atomic E-state index is 14.2. The number of hydrogen-bond acceptors (Lipinski definition) is 4. The molecular formula is C21H19FN4O3. The number of carbonyl (C=O) groups is 2. The first-order valence-corrected chi connectivity index (χ1v) is 9.12. The van der Waals surface area contributed by atoms with Gasteiger partial charge in [0.2, 0.25) is 0 Å². The number of amides is 2. The molecule has 1 aromatic heterocycles. The van der Waals surface area contributed by atoms with Crippen LogP contribution in [-0.2, 0) is 4.74 Å². The number of hydrogen-bond donors (Lipinski definition) is 1. The third-order valence-electron chi connectivity index (χ3n) is 4.72. The summed E-state index contributed by atoms with van der Waals surface area (Å²) in [6, 6.07) is 13.5. The molecule has 3 aromatic rings. The molecule has 1 saturated heterocycles. The maximum Gasteiger partial charge on any atom is 0.414 e. The van der Waals surface area contributed by atoms with Crippen LogP contribution in [0, 0.1) is 19.7 Å². The molecule has 0 bridgehead atoms. The van der Waals surface area contributed by atoms with E-state index in [0.29, 0.717) is 5.69 Å². The molecule has 1 fully saturated rings. The first-order chi connectivity index (χ1) is 13.9. The van der Waals surface area contributed by atoms with Crippen LogP contribution in [0.2, 0.25) is 0 Å². The van der Waals surface area contributed by atoms with Crippen molar-refractivity contribution in [2.24, 2.45) is 0 Å². The Morgan fingerprint density at radius 3 is 2.66 bits per heavy atom. The number of benzene rings is 2. The molecule has 0 unspecified atom stereocenters. The number of halogens is 1. The minimum absolute atomic E-state index is 0.0620. The smallest absolute Gasteiger partial charge is 0.414 e. The molecule has 8 heteroatoms. The van der Waals surface area contributed by atoms with Gasteiger partial charge in [-0.05, 0) is 49.7 Å². The molecule has 2 heterocycles. The summed E-state index contributed by atoms with van der Waals surface area (Å²) < 4.78 is 20.7. The topological polar surface area (TPSA) is 76.5 Å². The highest BCUT2D eigenvalue weighted by molar-refractivity contribution is 6.03. The number of rotatable bonds is 4. The van der Waals surface area contributed by atoms with Gasteiger partial charge in [0.05, 0.1) is 17.9 Å². The zero-order valence-corrected chi connectivity index (χ0v) is 16.0. The van der Waals surface area contributed by atoms with Crippen LogP contribution in [0.15, 0.2) is 48.5 Å². The first kappa shape index (κ1) is 18.7. The number of cyclic esters (lactones) is 1. The van der Waals surface area contributed by atoms with Gasteiger partial charge in [-0.3, -0.25) is 9.69 Å². The van der Waals surface area contributed by atoms with Gasteiger partial charge < -0.3 is 10.1 Å². The number of nitrogens with one attached hydrogen (secondary N) is 1. The summed E-state index contributed by atoms with van der Waals surface area (Å²) in [6.45, 7) is 4.29. The van der Waals surface area contributed by atoms with Crippen LogP contribution in [0.1, 0.15) is 21.7 Å². The van der Waals surface area contributed by atoms with E-state index in [1.54, 1.807) is 10.7 Å². The Morgan fingerprint density at radius 1 is 1.14 bits per heavy atom. The van der Waals surface area contributed by atoms with Crippen molar-refractivity contribution >= 4 is 23.4 Å². The Labute approximate surface area is 166 Å². The molecule has 0 aliphatic carbocycles. The van der Waals surface area contributed by atoms with Crippen LogP contribution in [0.25, 0.3) is 5.69 Å². The second-order valence-corrected chi connectivity index (χ2v) is 6.76. The summed E-state index contributed by atoms with van der Waals surface area (Å²) in [6.07, 6.45) is -0.611. The van der Waals surface area contributed by atoms with Crippen molar-refractivity contribution in [3.05, 3.63) is 71.3 Å². The Kier molecular flexibility index (Phi) is 4.75. The van der Waals surface area contributed by atoms with Crippen molar-refractivity contribution in [1.29, 1.82) is 0 Å². The van der Waals surface area contributed by atoms with Gasteiger partial charge in [-0.2, -0.15) is 5.10 Å². The third-order valence-corrected chi connectivity index (χ3v) is 4.72. The van der Waals surface area contributed by atoms with Crippen molar-refractivity contribution in [2.45, 2.75) is 13.8 Å². The number of para-hydroxylation sites is 1. The Balaban J connectivity index is 1.58. The number of ether oxygens (including phenoxy) is 1. The summed E-state index contributed by atoms with van der Waals surface area (Å²) in [5.41, 5.74) is 3.38. The van der Waals surface area contributed by atoms with E-state index < -0.39 is 17.8 Å². The Bertz CT molecular complexity index is 1110. The number of aryl methyl sites for hydroxylation is 2. The SMILES string of the molecule is Cc1ccccc1-n1nc(C(=O)Nc2ccc(F)c(N3CCOC3=O)c2)cc1C. The molecule has 4 rings (SSSR count). The van der Waals surface area contributed by atoms with Gasteiger partial charge in [-0.15, -0.1) is 0 Å². The molecule has 2 amide bonds. The molecule has 0 radical (unpaired) electrons. The van der Waals surface area contributed by atoms with Crippen molar-refractivity contribution in [3.8, 4) is 5.69 Å². The number of aromatic nitrogens is 2. The van der Waals surface area contributed by atoms with Gasteiger partial charge in [-0.25, -0.2) is 13.9 Å². The second-order valence-electron chi connectivity index (χ2n) is 6.76. The summed E-state index contributed by atoms with van der Waals surface area (Å²) in [5, 5.41) is 7.12. The molecule has 7 nitrogen and oxygen atoms in total. The van der Waals surface area contributed by atoms with Crippen LogP contribution >= 0.6 is 0 Å². The second kappa shape index (κ2) is 7.38. The minimum atomic E-state index is -0.611. The number of carbonyl (C=O) groups excluding carboxylic acids is 2. The average molecular weight is 394 g/mol. The minimum Gasteiger partial charge on any atom is -0.447 e. The molecule has 1 N–H and O–H groups in total. The fraction of sp³-hybridized carbons (Fsp3) is 0.190. The monoisotopic (exact) mass is 394 g/mol. The lowest BCUT2D eigenvalue weighted by molar-refractivity contribution is 0.102. The third kappa shape index (κ3) is 3.56. The summed E-state index contributed by atoms with van der Waals surface area (Å²) in [7, 11) is 0. The maximum absolute atomic E-state index is 14.2. The quantitative estimate of drug-likeness (QED) is 0.730. The van der Waals surface area contributed by atoms with Crippen LogP contribution < -0.4 is 10.2 Å². The Morgan fingerprint density at radius 2 is 1.93 bits per heavy atom. The van der Waals surface area contributed by atoms with Crippen molar-refractivity contribution < 1.29 is 18.7 Å². The predicted octanol–water partition coefficient (Wildman–Crippen LogP) is 3.84. The molecule has 148 valence electrons. The lowest BCUT2D eigenvalue weighted by Crippen LogP contribution is -2.24. The Hall–Kier alpha value is -3.68. The molecule has 0 atom stereocenters. The molecular weight excluding hydrogens is 375 g/mol. The molecule has 29 heavy (non-hydrogen) atoms. The van der Waals surface area contributed by atoms with E-state index in [1.165, 1.54) is 23.1 Å². The van der Waals surface area contributed by atoms with Crippen LogP contribution in [-0.4, -0.2) is 34.9 Å². The summed E-state index contributed by atoms with van der Waals surface area (Å²) in [4.78, 5) is 25.6. The fourth-order valence-electron chi connectivity index (χ4n) is 3.24. The van der Waals surface area contributed by atoms with Gasteiger partial charge >= 0.3 is 6.09 Å². The summed E-state index contributed by atoms with van der Waals surface area (Å²) in [5.74, 6) is -0.997. The number of nitrogens with zero attached hydrogens (tertiary/aromatic N) is 3. The first-order valence-electron chi connectivity index (χ1n) is 9.12. The van der Waals surface area contributed by atoms with E-state index in [4.69, 9.17) is 4.74 Å². The van der Waals surface area contributed by atoms with E-state index in [2.05, 4.69) is 10.4 Å². The highest BCUT2D eigenvalue weighted by atomic mass is 19.1. The number of anilines is 2. The summed E-state index contributed by atoms with van der Waals surface area (Å²) >= 11 is 0. The van der Waals surface area contributed by atoms with E-state index in [1.807, 2.05) is 38.1 Å².